The molecule has 4 aromatic rings. The summed E-state index contributed by atoms with van der Waals surface area (Å²) in [5.74, 6) is -0.844. The van der Waals surface area contributed by atoms with E-state index in [0.29, 0.717) is 35.5 Å². The predicted octanol–water partition coefficient (Wildman–Crippen LogP) is 4.78. The zero-order valence-electron chi connectivity index (χ0n) is 20.9. The van der Waals surface area contributed by atoms with Crippen molar-refractivity contribution in [3.63, 3.8) is 0 Å². The second-order valence-electron chi connectivity index (χ2n) is 9.20. The topological polar surface area (TPSA) is 93.0 Å². The monoisotopic (exact) mass is 524 g/mol. The largest absolute Gasteiger partial charge is 0.416 e. The number of aromatic nitrogens is 4. The Morgan fingerprint density at radius 1 is 1.03 bits per heavy atom. The van der Waals surface area contributed by atoms with Crippen LogP contribution in [0.2, 0.25) is 0 Å². The van der Waals surface area contributed by atoms with Gasteiger partial charge in [0.2, 0.25) is 11.8 Å². The highest BCUT2D eigenvalue weighted by Gasteiger charge is 2.36. The predicted molar refractivity (Wildman–Crippen MR) is 136 cm³/mol. The highest BCUT2D eigenvalue weighted by Crippen LogP contribution is 2.35. The fourth-order valence-electron chi connectivity index (χ4n) is 4.05. The first-order valence-electron chi connectivity index (χ1n) is 12.1. The van der Waals surface area contributed by atoms with Crippen LogP contribution in [0.4, 0.5) is 18.9 Å². The summed E-state index contributed by atoms with van der Waals surface area (Å²) in [4.78, 5) is 32.5. The van der Waals surface area contributed by atoms with Crippen LogP contribution in [-0.2, 0) is 22.3 Å². The van der Waals surface area contributed by atoms with Gasteiger partial charge >= 0.3 is 6.18 Å². The maximum Gasteiger partial charge on any atom is 0.416 e. The summed E-state index contributed by atoms with van der Waals surface area (Å²) in [7, 11) is 0. The van der Waals surface area contributed by atoms with E-state index in [9.17, 15) is 22.8 Å². The minimum absolute atomic E-state index is 0.0740. The van der Waals surface area contributed by atoms with Crippen molar-refractivity contribution in [2.24, 2.45) is 5.92 Å². The van der Waals surface area contributed by atoms with Gasteiger partial charge in [0.05, 0.1) is 11.1 Å². The average molecular weight is 525 g/mol. The van der Waals surface area contributed by atoms with E-state index in [-0.39, 0.29) is 12.2 Å². The summed E-state index contributed by atoms with van der Waals surface area (Å²) in [6.45, 7) is 4.01. The van der Waals surface area contributed by atoms with Crippen LogP contribution in [0.15, 0.2) is 73.1 Å². The van der Waals surface area contributed by atoms with E-state index in [0.717, 1.165) is 17.0 Å². The number of carbonyl (C=O) groups excluding carboxylic acids is 2. The Kier molecular flexibility index (Phi) is 8.04. The number of para-hydroxylation sites is 1. The van der Waals surface area contributed by atoms with Crippen molar-refractivity contribution >= 4 is 28.5 Å². The van der Waals surface area contributed by atoms with Gasteiger partial charge in [0.1, 0.15) is 18.1 Å². The molecule has 2 amide bonds. The molecule has 1 N–H and O–H groups in total. The Balaban J connectivity index is 1.80. The second kappa shape index (κ2) is 11.4. The van der Waals surface area contributed by atoms with Crippen LogP contribution >= 0.6 is 0 Å². The van der Waals surface area contributed by atoms with Gasteiger partial charge in [0, 0.05) is 24.6 Å². The van der Waals surface area contributed by atoms with E-state index in [1.165, 1.54) is 29.2 Å². The summed E-state index contributed by atoms with van der Waals surface area (Å²) in [6.07, 6.45) is -1.03. The Hall–Kier alpha value is -4.28. The summed E-state index contributed by atoms with van der Waals surface area (Å²) in [5.41, 5.74) is 0.522. The van der Waals surface area contributed by atoms with Gasteiger partial charge in [-0.2, -0.15) is 13.2 Å². The lowest BCUT2D eigenvalue weighted by Crippen LogP contribution is -2.45. The van der Waals surface area contributed by atoms with Gasteiger partial charge in [-0.05, 0) is 60.4 Å². The molecule has 0 bridgehead atoms. The number of alkyl halides is 3. The number of hydrogen-bond donors (Lipinski definition) is 1. The van der Waals surface area contributed by atoms with Crippen LogP contribution in [0.1, 0.15) is 37.4 Å². The first kappa shape index (κ1) is 26.8. The number of amides is 2. The summed E-state index contributed by atoms with van der Waals surface area (Å²) < 4.78 is 42.2. The van der Waals surface area contributed by atoms with Crippen LogP contribution in [-0.4, -0.2) is 38.3 Å². The van der Waals surface area contributed by atoms with Gasteiger partial charge < -0.3 is 5.32 Å². The average Bonchev–Trinajstić information content (AvgIpc) is 3.29. The van der Waals surface area contributed by atoms with Gasteiger partial charge in [0.25, 0.3) is 0 Å². The van der Waals surface area contributed by atoms with Crippen molar-refractivity contribution in [3.8, 4) is 0 Å². The maximum absolute atomic E-state index is 13.9. The molecular formula is C27H27F3N6O2. The first-order valence-corrected chi connectivity index (χ1v) is 12.1. The number of halogens is 3. The third-order valence-electron chi connectivity index (χ3n) is 5.97. The molecule has 11 heteroatoms. The van der Waals surface area contributed by atoms with E-state index < -0.39 is 29.6 Å². The quantitative estimate of drug-likeness (QED) is 0.340. The molecule has 1 atom stereocenters. The lowest BCUT2D eigenvalue weighted by Gasteiger charge is -2.32. The van der Waals surface area contributed by atoms with Crippen LogP contribution < -0.4 is 10.2 Å². The summed E-state index contributed by atoms with van der Waals surface area (Å²) in [6, 6.07) is 13.2. The lowest BCUT2D eigenvalue weighted by molar-refractivity contribution is -0.137. The molecule has 8 nitrogen and oxygen atoms in total. The molecule has 2 aromatic heterocycles. The number of rotatable bonds is 9. The van der Waals surface area contributed by atoms with Crippen molar-refractivity contribution in [2.75, 3.05) is 11.4 Å². The number of carbonyl (C=O) groups is 2. The molecule has 198 valence electrons. The number of nitrogens with zero attached hydrogens (tertiary/aromatic N) is 5. The molecule has 0 fully saturated rings. The number of anilines is 1. The van der Waals surface area contributed by atoms with Crippen LogP contribution in [0, 0.1) is 5.92 Å². The molecule has 0 unspecified atom stereocenters. The highest BCUT2D eigenvalue weighted by atomic mass is 19.4. The zero-order chi connectivity index (χ0) is 27.3. The van der Waals surface area contributed by atoms with Crippen molar-refractivity contribution in [3.05, 3.63) is 84.2 Å². The summed E-state index contributed by atoms with van der Waals surface area (Å²) in [5, 5.41) is 10.9. The molecule has 4 rings (SSSR count). The van der Waals surface area contributed by atoms with E-state index in [1.807, 2.05) is 13.8 Å². The first-order chi connectivity index (χ1) is 18.1. The third kappa shape index (κ3) is 6.16. The number of benzene rings is 2. The molecule has 2 aromatic carbocycles. The zero-order valence-corrected chi connectivity index (χ0v) is 20.9. The van der Waals surface area contributed by atoms with Crippen molar-refractivity contribution in [2.45, 2.75) is 39.0 Å². The van der Waals surface area contributed by atoms with Crippen LogP contribution in [0.3, 0.4) is 0 Å². The SMILES string of the molecule is CC(C)CCNC(=O)[C@H](c1ccncc1)N(C(=O)Cn1nnc2ccccc21)c1cccc(C(F)(F)F)c1. The minimum atomic E-state index is -4.64. The molecule has 0 aliphatic carbocycles. The van der Waals surface area contributed by atoms with Gasteiger partial charge in [-0.25, -0.2) is 4.68 Å². The Bertz CT molecular complexity index is 1400. The molecule has 0 radical (unpaired) electrons. The third-order valence-corrected chi connectivity index (χ3v) is 5.97. The lowest BCUT2D eigenvalue weighted by atomic mass is 10.0. The number of hydrogen-bond acceptors (Lipinski definition) is 5. The molecule has 0 aliphatic heterocycles. The fourth-order valence-corrected chi connectivity index (χ4v) is 4.05. The maximum atomic E-state index is 13.9. The van der Waals surface area contributed by atoms with E-state index in [2.05, 4.69) is 20.6 Å². The highest BCUT2D eigenvalue weighted by molar-refractivity contribution is 6.01. The molecular weight excluding hydrogens is 497 g/mol. The van der Waals surface area contributed by atoms with E-state index in [4.69, 9.17) is 0 Å². The number of nitrogens with one attached hydrogen (secondary N) is 1. The molecule has 0 spiro atoms. The second-order valence-corrected chi connectivity index (χ2v) is 9.20. The number of pyridine rings is 1. The van der Waals surface area contributed by atoms with Crippen LogP contribution in [0.25, 0.3) is 11.0 Å². The minimum Gasteiger partial charge on any atom is -0.354 e. The van der Waals surface area contributed by atoms with Crippen LogP contribution in [0.5, 0.6) is 0 Å². The molecule has 0 saturated carbocycles. The van der Waals surface area contributed by atoms with Gasteiger partial charge in [-0.3, -0.25) is 19.5 Å². The van der Waals surface area contributed by atoms with Crippen molar-refractivity contribution in [1.82, 2.24) is 25.3 Å². The van der Waals surface area contributed by atoms with E-state index >= 15 is 0 Å². The molecule has 38 heavy (non-hydrogen) atoms. The van der Waals surface area contributed by atoms with Gasteiger partial charge in [-0.15, -0.1) is 5.10 Å². The Morgan fingerprint density at radius 3 is 2.47 bits per heavy atom. The Labute approximate surface area is 217 Å². The number of fused-ring (bicyclic) bond motifs is 1. The fraction of sp³-hybridized carbons (Fsp3) is 0.296. The smallest absolute Gasteiger partial charge is 0.354 e. The molecule has 2 heterocycles. The summed E-state index contributed by atoms with van der Waals surface area (Å²) >= 11 is 0. The van der Waals surface area contributed by atoms with Crippen molar-refractivity contribution in [1.29, 1.82) is 0 Å². The normalized spacial score (nSPS) is 12.5. The molecule has 0 aliphatic rings. The van der Waals surface area contributed by atoms with Crippen molar-refractivity contribution < 1.29 is 22.8 Å². The standard InChI is InChI=1S/C27H27F3N6O2/c1-18(2)10-15-32-26(38)25(19-11-13-31-14-12-19)36(21-7-5-6-20(16-21)27(28,29)30)24(37)17-35-23-9-4-3-8-22(23)33-34-35/h3-9,11-14,16,18,25H,10,15,17H2,1-2H3,(H,32,38)/t25-/m0/s1. The van der Waals surface area contributed by atoms with Gasteiger partial charge in [-0.1, -0.05) is 37.3 Å². The molecule has 0 saturated heterocycles. The Morgan fingerprint density at radius 2 is 1.76 bits per heavy atom. The van der Waals surface area contributed by atoms with Gasteiger partial charge in [0.15, 0.2) is 0 Å². The van der Waals surface area contributed by atoms with E-state index in [1.54, 1.807) is 36.4 Å².